The van der Waals surface area contributed by atoms with Crippen LogP contribution in [-0.2, 0) is 0 Å². The van der Waals surface area contributed by atoms with Crippen LogP contribution in [0.5, 0.6) is 0 Å². The van der Waals surface area contributed by atoms with Crippen molar-refractivity contribution in [3.05, 3.63) is 188 Å². The van der Waals surface area contributed by atoms with Gasteiger partial charge in [0, 0.05) is 61.2 Å². The minimum Gasteiger partial charge on any atom is -0.456 e. The zero-order valence-corrected chi connectivity index (χ0v) is 29.1. The standard InChI is InChI=1S/C50H31N3O2/c1-3-12-33(13-4-1)49-40-17-7-9-19-43(40)51-50(52-49)42-18-11-21-45-48(42)41-28-24-34(30-46(41)55-45)32-22-25-36(26-23-32)53(35-14-5-2-6-15-35)37-27-29-39-38-16-8-10-20-44(38)54-47(39)31-37/h1-31H/i11D,18D,21D,24D,28D,30D. The monoisotopic (exact) mass is 711 g/mol. The molecule has 3 heterocycles. The first-order chi connectivity index (χ1) is 29.8. The van der Waals surface area contributed by atoms with Crippen molar-refractivity contribution < 1.29 is 17.1 Å². The fourth-order valence-electron chi connectivity index (χ4n) is 7.42. The van der Waals surface area contributed by atoms with E-state index in [9.17, 15) is 4.11 Å². The molecule has 0 aliphatic carbocycles. The lowest BCUT2D eigenvalue weighted by atomic mass is 10.0. The molecule has 5 heteroatoms. The molecule has 0 fully saturated rings. The summed E-state index contributed by atoms with van der Waals surface area (Å²) in [6, 6.07) is 47.0. The molecule has 11 rings (SSSR count). The normalized spacial score (nSPS) is 13.2. The third-order valence-corrected chi connectivity index (χ3v) is 10.00. The van der Waals surface area contributed by atoms with Crippen molar-refractivity contribution in [3.8, 4) is 33.8 Å². The van der Waals surface area contributed by atoms with Gasteiger partial charge >= 0.3 is 0 Å². The number of rotatable bonds is 6. The van der Waals surface area contributed by atoms with Gasteiger partial charge in [-0.2, -0.15) is 0 Å². The molecule has 55 heavy (non-hydrogen) atoms. The molecule has 0 N–H and O–H groups in total. The van der Waals surface area contributed by atoms with Crippen LogP contribution in [0.15, 0.2) is 197 Å². The van der Waals surface area contributed by atoms with Crippen molar-refractivity contribution in [1.29, 1.82) is 0 Å². The molecule has 258 valence electrons. The smallest absolute Gasteiger partial charge is 0.161 e. The van der Waals surface area contributed by atoms with E-state index in [-0.39, 0.29) is 69.1 Å². The Labute approximate surface area is 324 Å². The number of anilines is 3. The second kappa shape index (κ2) is 12.6. The van der Waals surface area contributed by atoms with Gasteiger partial charge in [0.05, 0.1) is 19.4 Å². The number of fused-ring (bicyclic) bond motifs is 7. The van der Waals surface area contributed by atoms with E-state index in [2.05, 4.69) is 17.0 Å². The molecule has 0 saturated heterocycles. The molecule has 0 unspecified atom stereocenters. The van der Waals surface area contributed by atoms with Crippen LogP contribution < -0.4 is 4.90 Å². The van der Waals surface area contributed by atoms with Crippen LogP contribution >= 0.6 is 0 Å². The molecule has 0 radical (unpaired) electrons. The van der Waals surface area contributed by atoms with Crippen molar-refractivity contribution in [2.75, 3.05) is 4.90 Å². The van der Waals surface area contributed by atoms with Gasteiger partial charge in [-0.15, -0.1) is 0 Å². The summed E-state index contributed by atoms with van der Waals surface area (Å²) < 4.78 is 67.6. The van der Waals surface area contributed by atoms with E-state index >= 15 is 0 Å². The topological polar surface area (TPSA) is 55.3 Å². The van der Waals surface area contributed by atoms with Crippen molar-refractivity contribution in [3.63, 3.8) is 0 Å². The summed E-state index contributed by atoms with van der Waals surface area (Å²) in [6.45, 7) is 0. The van der Waals surface area contributed by atoms with Gasteiger partial charge in [0.2, 0.25) is 0 Å². The second-order valence-electron chi connectivity index (χ2n) is 13.3. The highest BCUT2D eigenvalue weighted by molar-refractivity contribution is 6.13. The number of aromatic nitrogens is 2. The largest absolute Gasteiger partial charge is 0.456 e. The highest BCUT2D eigenvalue weighted by Gasteiger charge is 2.19. The molecule has 0 bridgehead atoms. The van der Waals surface area contributed by atoms with Crippen LogP contribution in [0.1, 0.15) is 8.22 Å². The summed E-state index contributed by atoms with van der Waals surface area (Å²) in [5, 5.41) is 3.10. The van der Waals surface area contributed by atoms with Gasteiger partial charge in [-0.05, 0) is 77.8 Å². The fourth-order valence-corrected chi connectivity index (χ4v) is 7.42. The molecule has 0 atom stereocenters. The fraction of sp³-hybridized carbons (Fsp3) is 0. The summed E-state index contributed by atoms with van der Waals surface area (Å²) in [7, 11) is 0. The lowest BCUT2D eigenvalue weighted by Gasteiger charge is -2.25. The molecule has 8 aromatic carbocycles. The van der Waals surface area contributed by atoms with Gasteiger partial charge in [0.1, 0.15) is 22.3 Å². The first-order valence-electron chi connectivity index (χ1n) is 20.9. The molecular weight excluding hydrogens is 675 g/mol. The lowest BCUT2D eigenvalue weighted by Crippen LogP contribution is -2.09. The van der Waals surface area contributed by atoms with E-state index in [4.69, 9.17) is 22.9 Å². The maximum Gasteiger partial charge on any atom is 0.161 e. The van der Waals surface area contributed by atoms with Gasteiger partial charge < -0.3 is 13.7 Å². The Balaban J connectivity index is 1.07. The van der Waals surface area contributed by atoms with Crippen LogP contribution in [-0.4, -0.2) is 9.97 Å². The molecule has 0 aliphatic rings. The third kappa shape index (κ3) is 5.24. The molecule has 0 saturated carbocycles. The van der Waals surface area contributed by atoms with Crippen LogP contribution in [0.3, 0.4) is 0 Å². The summed E-state index contributed by atoms with van der Waals surface area (Å²) in [5.74, 6) is 0.114. The highest BCUT2D eigenvalue weighted by atomic mass is 16.3. The van der Waals surface area contributed by atoms with Crippen molar-refractivity contribution in [2.45, 2.75) is 0 Å². The number of nitrogens with zero attached hydrogens (tertiary/aromatic N) is 3. The molecule has 3 aromatic heterocycles. The Hall–Kier alpha value is -7.50. The quantitative estimate of drug-likeness (QED) is 0.172. The van der Waals surface area contributed by atoms with Crippen LogP contribution in [0.25, 0.3) is 88.6 Å². The number of para-hydroxylation sites is 3. The van der Waals surface area contributed by atoms with Crippen molar-refractivity contribution in [2.24, 2.45) is 0 Å². The number of hydrogen-bond donors (Lipinski definition) is 0. The summed E-state index contributed by atoms with van der Waals surface area (Å²) >= 11 is 0. The molecule has 5 nitrogen and oxygen atoms in total. The van der Waals surface area contributed by atoms with Gasteiger partial charge in [-0.25, -0.2) is 9.97 Å². The average molecular weight is 712 g/mol. The molecule has 11 aromatic rings. The number of hydrogen-bond acceptors (Lipinski definition) is 5. The maximum atomic E-state index is 9.48. The third-order valence-electron chi connectivity index (χ3n) is 10.00. The average Bonchev–Trinajstić information content (AvgIpc) is 3.88. The Morgan fingerprint density at radius 1 is 0.455 bits per heavy atom. The SMILES string of the molecule is [2H]c1c([2H])c(-c2nc(-c3ccccc3)c3ccccc3n2)c2c(oc3c([2H])c(-c4ccc(N(c5ccccc5)c5ccc6c(c5)oc5ccccc56)cc4)c([2H])c([2H])c32)c1[2H]. The van der Waals surface area contributed by atoms with Crippen molar-refractivity contribution >= 4 is 71.8 Å². The molecule has 0 aliphatic heterocycles. The second-order valence-corrected chi connectivity index (χ2v) is 13.3. The predicted octanol–water partition coefficient (Wildman–Crippen LogP) is 13.9. The van der Waals surface area contributed by atoms with Crippen LogP contribution in [0.2, 0.25) is 0 Å². The Bertz CT molecular complexity index is 3550. The van der Waals surface area contributed by atoms with Crippen molar-refractivity contribution in [1.82, 2.24) is 9.97 Å². The van der Waals surface area contributed by atoms with Gasteiger partial charge in [-0.1, -0.05) is 115 Å². The van der Waals surface area contributed by atoms with E-state index in [1.165, 1.54) is 0 Å². The predicted molar refractivity (Wildman–Crippen MR) is 225 cm³/mol. The van der Waals surface area contributed by atoms with E-state index in [1.807, 2.05) is 140 Å². The highest BCUT2D eigenvalue weighted by Crippen LogP contribution is 2.41. The molecule has 0 spiro atoms. The Kier molecular flexibility index (Phi) is 5.82. The minimum absolute atomic E-state index is 0.0241. The van der Waals surface area contributed by atoms with E-state index < -0.39 is 6.04 Å². The molecule has 0 amide bonds. The molecular formula is C50H31N3O2. The Morgan fingerprint density at radius 2 is 1.15 bits per heavy atom. The van der Waals surface area contributed by atoms with Crippen LogP contribution in [0, 0.1) is 0 Å². The van der Waals surface area contributed by atoms with Gasteiger partial charge in [0.15, 0.2) is 5.82 Å². The van der Waals surface area contributed by atoms with E-state index in [1.54, 1.807) is 0 Å². The number of benzene rings is 8. The zero-order chi connectivity index (χ0) is 41.5. The van der Waals surface area contributed by atoms with Crippen LogP contribution in [0.4, 0.5) is 17.1 Å². The maximum absolute atomic E-state index is 9.48. The first kappa shape index (κ1) is 25.5. The Morgan fingerprint density at radius 3 is 2.00 bits per heavy atom. The summed E-state index contributed by atoms with van der Waals surface area (Å²) in [5.41, 5.74) is 6.93. The van der Waals surface area contributed by atoms with Gasteiger partial charge in [0.25, 0.3) is 0 Å². The number of furan rings is 2. The zero-order valence-electron chi connectivity index (χ0n) is 35.1. The summed E-state index contributed by atoms with van der Waals surface area (Å²) in [6.07, 6.45) is 0. The van der Waals surface area contributed by atoms with E-state index in [0.29, 0.717) is 16.8 Å². The van der Waals surface area contributed by atoms with E-state index in [0.717, 1.165) is 50.0 Å². The minimum atomic E-state index is -0.401. The summed E-state index contributed by atoms with van der Waals surface area (Å²) in [4.78, 5) is 11.9. The lowest BCUT2D eigenvalue weighted by molar-refractivity contribution is 0.668. The van der Waals surface area contributed by atoms with Gasteiger partial charge in [-0.3, -0.25) is 0 Å². The first-order valence-corrected chi connectivity index (χ1v) is 17.9.